The number of hydrogen-bond acceptors (Lipinski definition) is 2. The van der Waals surface area contributed by atoms with Crippen LogP contribution in [-0.4, -0.2) is 35.8 Å². The van der Waals surface area contributed by atoms with Gasteiger partial charge in [0.15, 0.2) is 0 Å². The molecule has 1 aromatic rings. The van der Waals surface area contributed by atoms with Crippen molar-refractivity contribution in [1.29, 1.82) is 0 Å². The molecule has 1 spiro atoms. The number of nitrogens with zero attached hydrogens (tertiary/aromatic N) is 1. The van der Waals surface area contributed by atoms with Crippen LogP contribution in [0.2, 0.25) is 0 Å². The summed E-state index contributed by atoms with van der Waals surface area (Å²) in [5, 5.41) is 3.01. The van der Waals surface area contributed by atoms with E-state index in [1.807, 2.05) is 6.92 Å². The highest BCUT2D eigenvalue weighted by atomic mass is 16.2. The van der Waals surface area contributed by atoms with Crippen molar-refractivity contribution in [3.8, 4) is 0 Å². The van der Waals surface area contributed by atoms with Crippen LogP contribution >= 0.6 is 0 Å². The Labute approximate surface area is 188 Å². The SMILES string of the molecule is CCC(=O)NC1CC(C(=O)N2CCC3(CC2)CC(c2cc(C(C)(C)C)ccc2C)C3)C1. The number of piperidine rings is 1. The molecule has 3 fully saturated rings. The van der Waals surface area contributed by atoms with Crippen LogP contribution in [0.25, 0.3) is 0 Å². The highest BCUT2D eigenvalue weighted by Crippen LogP contribution is 2.57. The monoisotopic (exact) mass is 424 g/mol. The molecule has 0 aromatic heterocycles. The summed E-state index contributed by atoms with van der Waals surface area (Å²) in [4.78, 5) is 26.5. The van der Waals surface area contributed by atoms with E-state index in [-0.39, 0.29) is 23.3 Å². The second kappa shape index (κ2) is 8.26. The van der Waals surface area contributed by atoms with Crippen molar-refractivity contribution >= 4 is 11.8 Å². The summed E-state index contributed by atoms with van der Waals surface area (Å²) in [6.45, 7) is 12.8. The molecule has 4 nitrogen and oxygen atoms in total. The van der Waals surface area contributed by atoms with E-state index in [1.165, 1.54) is 24.0 Å². The minimum absolute atomic E-state index is 0.0959. The Morgan fingerprint density at radius 3 is 2.35 bits per heavy atom. The van der Waals surface area contributed by atoms with Crippen LogP contribution in [0.15, 0.2) is 18.2 Å². The van der Waals surface area contributed by atoms with E-state index in [2.05, 4.69) is 56.1 Å². The lowest BCUT2D eigenvalue weighted by Crippen LogP contribution is -2.53. The van der Waals surface area contributed by atoms with Crippen LogP contribution in [0.5, 0.6) is 0 Å². The van der Waals surface area contributed by atoms with Crippen molar-refractivity contribution in [2.45, 2.75) is 96.9 Å². The summed E-state index contributed by atoms with van der Waals surface area (Å²) in [6, 6.07) is 7.25. The highest BCUT2D eigenvalue weighted by Gasteiger charge is 2.48. The molecule has 0 unspecified atom stereocenters. The standard InChI is InChI=1S/C27H40N2O2/c1-6-24(30)28-22-13-19(14-22)25(31)29-11-9-27(10-12-29)16-20(17-27)23-15-21(26(3,4)5)8-7-18(23)2/h7-8,15,19-20,22H,6,9-14,16-17H2,1-5H3,(H,28,30). The maximum atomic E-state index is 12.9. The van der Waals surface area contributed by atoms with Crippen molar-refractivity contribution < 1.29 is 9.59 Å². The second-order valence-corrected chi connectivity index (χ2v) is 11.5. The van der Waals surface area contributed by atoms with E-state index in [0.29, 0.717) is 23.7 Å². The molecule has 1 aliphatic heterocycles. The van der Waals surface area contributed by atoms with Gasteiger partial charge in [-0.25, -0.2) is 0 Å². The summed E-state index contributed by atoms with van der Waals surface area (Å²) in [6.07, 6.45) is 7.00. The number of carbonyl (C=O) groups excluding carboxylic acids is 2. The zero-order valence-corrected chi connectivity index (χ0v) is 20.1. The fraction of sp³-hybridized carbons (Fsp3) is 0.704. The lowest BCUT2D eigenvalue weighted by molar-refractivity contribution is -0.143. The van der Waals surface area contributed by atoms with Crippen LogP contribution in [0.1, 0.15) is 95.2 Å². The summed E-state index contributed by atoms with van der Waals surface area (Å²) in [5.74, 6) is 1.22. The lowest BCUT2D eigenvalue weighted by Gasteiger charge is -2.53. The molecule has 31 heavy (non-hydrogen) atoms. The average Bonchev–Trinajstić information content (AvgIpc) is 2.67. The van der Waals surface area contributed by atoms with E-state index >= 15 is 0 Å². The van der Waals surface area contributed by atoms with E-state index in [9.17, 15) is 9.59 Å². The quantitative estimate of drug-likeness (QED) is 0.732. The first-order valence-electron chi connectivity index (χ1n) is 12.3. The van der Waals surface area contributed by atoms with Gasteiger partial charge in [-0.1, -0.05) is 45.9 Å². The first kappa shape index (κ1) is 22.4. The van der Waals surface area contributed by atoms with Gasteiger partial charge in [-0.3, -0.25) is 9.59 Å². The predicted octanol–water partition coefficient (Wildman–Crippen LogP) is 5.08. The Hall–Kier alpha value is -1.84. The smallest absolute Gasteiger partial charge is 0.225 e. The van der Waals surface area contributed by atoms with Gasteiger partial charge in [-0.2, -0.15) is 0 Å². The van der Waals surface area contributed by atoms with Gasteiger partial charge in [-0.15, -0.1) is 0 Å². The van der Waals surface area contributed by atoms with Crippen LogP contribution in [0.3, 0.4) is 0 Å². The van der Waals surface area contributed by atoms with Gasteiger partial charge >= 0.3 is 0 Å². The minimum Gasteiger partial charge on any atom is -0.353 e. The van der Waals surface area contributed by atoms with Gasteiger partial charge in [0, 0.05) is 31.5 Å². The van der Waals surface area contributed by atoms with Crippen molar-refractivity contribution in [3.63, 3.8) is 0 Å². The Morgan fingerprint density at radius 1 is 1.13 bits per heavy atom. The number of amides is 2. The largest absolute Gasteiger partial charge is 0.353 e. The second-order valence-electron chi connectivity index (χ2n) is 11.5. The lowest BCUT2D eigenvalue weighted by atomic mass is 9.55. The van der Waals surface area contributed by atoms with Gasteiger partial charge < -0.3 is 10.2 Å². The molecule has 2 aliphatic carbocycles. The number of rotatable bonds is 4. The minimum atomic E-state index is 0.0959. The summed E-state index contributed by atoms with van der Waals surface area (Å²) in [7, 11) is 0. The van der Waals surface area contributed by atoms with E-state index in [1.54, 1.807) is 5.56 Å². The van der Waals surface area contributed by atoms with Crippen LogP contribution in [0.4, 0.5) is 0 Å². The number of hydrogen-bond donors (Lipinski definition) is 1. The molecule has 0 radical (unpaired) electrons. The van der Waals surface area contributed by atoms with Gasteiger partial charge in [0.1, 0.15) is 0 Å². The topological polar surface area (TPSA) is 49.4 Å². The number of benzene rings is 1. The maximum Gasteiger partial charge on any atom is 0.225 e. The molecule has 170 valence electrons. The first-order chi connectivity index (χ1) is 14.6. The molecule has 2 amide bonds. The number of nitrogens with one attached hydrogen (secondary N) is 1. The van der Waals surface area contributed by atoms with Crippen molar-refractivity contribution in [3.05, 3.63) is 34.9 Å². The molecule has 0 bridgehead atoms. The van der Waals surface area contributed by atoms with Gasteiger partial charge in [0.05, 0.1) is 0 Å². The van der Waals surface area contributed by atoms with E-state index < -0.39 is 0 Å². The molecule has 1 heterocycles. The van der Waals surface area contributed by atoms with Gasteiger partial charge in [0.25, 0.3) is 0 Å². The molecule has 4 rings (SSSR count). The Bertz CT molecular complexity index is 831. The predicted molar refractivity (Wildman–Crippen MR) is 125 cm³/mol. The Kier molecular flexibility index (Phi) is 5.95. The fourth-order valence-corrected chi connectivity index (χ4v) is 5.89. The Morgan fingerprint density at radius 2 is 1.77 bits per heavy atom. The van der Waals surface area contributed by atoms with Crippen LogP contribution < -0.4 is 5.32 Å². The maximum absolute atomic E-state index is 12.9. The zero-order valence-electron chi connectivity index (χ0n) is 20.1. The molecule has 1 saturated heterocycles. The molecule has 3 aliphatic rings. The molecule has 4 heteroatoms. The molecule has 1 aromatic carbocycles. The third-order valence-electron chi connectivity index (χ3n) is 8.25. The van der Waals surface area contributed by atoms with Crippen molar-refractivity contribution in [1.82, 2.24) is 10.2 Å². The molecular formula is C27H40N2O2. The van der Waals surface area contributed by atoms with Crippen molar-refractivity contribution in [2.75, 3.05) is 13.1 Å². The van der Waals surface area contributed by atoms with E-state index in [4.69, 9.17) is 0 Å². The van der Waals surface area contributed by atoms with Gasteiger partial charge in [-0.05, 0) is 78.9 Å². The normalized spacial score (nSPS) is 25.6. The van der Waals surface area contributed by atoms with E-state index in [0.717, 1.165) is 38.8 Å². The van der Waals surface area contributed by atoms with Gasteiger partial charge in [0.2, 0.25) is 11.8 Å². The number of likely N-dealkylation sites (tertiary alicyclic amines) is 1. The van der Waals surface area contributed by atoms with Crippen LogP contribution in [-0.2, 0) is 15.0 Å². The third-order valence-corrected chi connectivity index (χ3v) is 8.25. The Balaban J connectivity index is 1.27. The fourth-order valence-electron chi connectivity index (χ4n) is 5.89. The first-order valence-corrected chi connectivity index (χ1v) is 12.3. The summed E-state index contributed by atoms with van der Waals surface area (Å²) < 4.78 is 0. The van der Waals surface area contributed by atoms with Crippen molar-refractivity contribution in [2.24, 2.45) is 11.3 Å². The highest BCUT2D eigenvalue weighted by molar-refractivity contribution is 5.81. The molecule has 0 atom stereocenters. The zero-order chi connectivity index (χ0) is 22.4. The summed E-state index contributed by atoms with van der Waals surface area (Å²) in [5.41, 5.74) is 5.04. The number of aryl methyl sites for hydroxylation is 1. The molecular weight excluding hydrogens is 384 g/mol. The molecule has 1 N–H and O–H groups in total. The third kappa shape index (κ3) is 4.54. The average molecular weight is 425 g/mol. The molecule has 2 saturated carbocycles. The number of carbonyl (C=O) groups is 2. The summed E-state index contributed by atoms with van der Waals surface area (Å²) >= 11 is 0. The van der Waals surface area contributed by atoms with Crippen LogP contribution in [0, 0.1) is 18.3 Å².